The third-order valence-electron chi connectivity index (χ3n) is 11.3. The fourth-order valence-electron chi connectivity index (χ4n) is 8.88. The van der Waals surface area contributed by atoms with Crippen LogP contribution in [0.4, 0.5) is 5.69 Å². The van der Waals surface area contributed by atoms with Crippen LogP contribution in [-0.4, -0.2) is 77.0 Å². The first kappa shape index (κ1) is 30.3. The van der Waals surface area contributed by atoms with Crippen molar-refractivity contribution in [2.45, 2.75) is 109 Å². The molecule has 0 radical (unpaired) electrons. The van der Waals surface area contributed by atoms with Gasteiger partial charge in [0.2, 0.25) is 17.7 Å². The third kappa shape index (κ3) is 5.43. The Balaban J connectivity index is 1.28. The van der Waals surface area contributed by atoms with E-state index in [2.05, 4.69) is 42.4 Å². The lowest BCUT2D eigenvalue weighted by Crippen LogP contribution is -2.58. The minimum absolute atomic E-state index is 0.0708. The van der Waals surface area contributed by atoms with Gasteiger partial charge in [-0.25, -0.2) is 0 Å². The summed E-state index contributed by atoms with van der Waals surface area (Å²) in [6.07, 6.45) is 11.2. The molecule has 4 fully saturated rings. The number of anilines is 1. The summed E-state index contributed by atoms with van der Waals surface area (Å²) in [4.78, 5) is 46.9. The molecule has 1 aliphatic carbocycles. The highest BCUT2D eigenvalue weighted by molar-refractivity contribution is 6.02. The number of fused-ring (bicyclic) bond motifs is 1. The van der Waals surface area contributed by atoms with Gasteiger partial charge in [-0.05, 0) is 81.2 Å². The molecule has 3 amide bonds. The lowest BCUT2D eigenvalue weighted by Gasteiger charge is -2.39. The number of ether oxygens (including phenoxy) is 1. The van der Waals surface area contributed by atoms with Gasteiger partial charge in [0.15, 0.2) is 0 Å². The fraction of sp³-hybridized carbons (Fsp3) is 0.686. The summed E-state index contributed by atoms with van der Waals surface area (Å²) in [6, 6.07) is 5.73. The van der Waals surface area contributed by atoms with Crippen molar-refractivity contribution in [2.24, 2.45) is 23.7 Å². The smallest absolute Gasteiger partial charge is 0.246 e. The molecule has 1 spiro atoms. The Kier molecular flexibility index (Phi) is 8.46. The summed E-state index contributed by atoms with van der Waals surface area (Å²) in [5.74, 6) is -1.02. The summed E-state index contributed by atoms with van der Waals surface area (Å²) in [5, 5.41) is 6.46. The Morgan fingerprint density at radius 2 is 1.77 bits per heavy atom. The zero-order valence-corrected chi connectivity index (χ0v) is 26.6. The topological polar surface area (TPSA) is 91.0 Å². The summed E-state index contributed by atoms with van der Waals surface area (Å²) in [5.41, 5.74) is 1.71. The van der Waals surface area contributed by atoms with Gasteiger partial charge in [-0.1, -0.05) is 58.3 Å². The van der Waals surface area contributed by atoms with Crippen molar-refractivity contribution in [1.82, 2.24) is 15.1 Å². The van der Waals surface area contributed by atoms with E-state index in [4.69, 9.17) is 4.74 Å². The molecule has 0 aromatic heterocycles. The highest BCUT2D eigenvalue weighted by Crippen LogP contribution is 2.55. The first-order chi connectivity index (χ1) is 20.6. The van der Waals surface area contributed by atoms with Crippen molar-refractivity contribution in [3.63, 3.8) is 0 Å². The maximum atomic E-state index is 14.4. The van der Waals surface area contributed by atoms with Gasteiger partial charge in [-0.15, -0.1) is 0 Å². The number of amides is 3. The number of hydrogen-bond donors (Lipinski definition) is 2. The molecule has 1 saturated carbocycles. The van der Waals surface area contributed by atoms with E-state index in [9.17, 15) is 14.4 Å². The van der Waals surface area contributed by atoms with E-state index in [1.54, 1.807) is 4.90 Å². The van der Waals surface area contributed by atoms with Gasteiger partial charge in [0, 0.05) is 30.9 Å². The molecule has 5 aliphatic rings. The number of nitrogens with one attached hydrogen (secondary N) is 2. The molecule has 1 aromatic rings. The number of aryl methyl sites for hydroxylation is 2. The summed E-state index contributed by atoms with van der Waals surface area (Å²) in [7, 11) is 0. The average Bonchev–Trinajstić information content (AvgIpc) is 3.61. The Morgan fingerprint density at radius 3 is 2.51 bits per heavy atom. The monoisotopic (exact) mass is 590 g/mol. The second-order valence-electron chi connectivity index (χ2n) is 14.1. The van der Waals surface area contributed by atoms with Gasteiger partial charge in [-0.3, -0.25) is 19.3 Å². The number of rotatable bonds is 8. The van der Waals surface area contributed by atoms with Crippen LogP contribution in [0.3, 0.4) is 0 Å². The molecule has 8 heteroatoms. The number of likely N-dealkylation sites (tertiary alicyclic amines) is 2. The van der Waals surface area contributed by atoms with Crippen LogP contribution in [-0.2, 0) is 19.1 Å². The normalized spacial score (nSPS) is 37.0. The number of piperidine rings is 1. The molecule has 1 aromatic carbocycles. The molecule has 234 valence electrons. The number of carbonyl (C=O) groups excluding carboxylic acids is 3. The second kappa shape index (κ2) is 12.0. The van der Waals surface area contributed by atoms with Gasteiger partial charge in [-0.2, -0.15) is 0 Å². The van der Waals surface area contributed by atoms with E-state index in [0.717, 1.165) is 55.6 Å². The van der Waals surface area contributed by atoms with Crippen LogP contribution in [0.1, 0.15) is 76.8 Å². The van der Waals surface area contributed by atoms with E-state index in [0.29, 0.717) is 24.4 Å². The lowest BCUT2D eigenvalue weighted by atomic mass is 9.73. The van der Waals surface area contributed by atoms with Crippen molar-refractivity contribution >= 4 is 23.4 Å². The Hall–Kier alpha value is -2.71. The van der Waals surface area contributed by atoms with Crippen molar-refractivity contribution < 1.29 is 19.1 Å². The van der Waals surface area contributed by atoms with Crippen LogP contribution >= 0.6 is 0 Å². The quantitative estimate of drug-likeness (QED) is 0.432. The molecule has 3 saturated heterocycles. The van der Waals surface area contributed by atoms with Gasteiger partial charge >= 0.3 is 0 Å². The number of hydrogen-bond acceptors (Lipinski definition) is 5. The molecule has 8 nitrogen and oxygen atoms in total. The first-order valence-electron chi connectivity index (χ1n) is 16.7. The summed E-state index contributed by atoms with van der Waals surface area (Å²) < 4.78 is 6.60. The van der Waals surface area contributed by atoms with Gasteiger partial charge in [0.1, 0.15) is 11.6 Å². The first-order valence-corrected chi connectivity index (χ1v) is 16.7. The van der Waals surface area contributed by atoms with E-state index in [-0.39, 0.29) is 23.8 Å². The standard InChI is InChI=1S/C35H50N4O4/c1-6-26-11-7-8-15-38(26)16-17-39-31(33(41)37-27-12-9-10-23(4)24(27)5)35-14-13-28(43-35)29(30(35)34(39)42)32(40)36-25-19-21(2)18-22(3)20-25/h13-14,18-20,23-24,26-31H,6-12,15-17H2,1-5H3,(H,36,40)(H,37,41)/t23?,24?,26?,27?,28-,29?,30-,31?,35?/m0/s1. The second-order valence-corrected chi connectivity index (χ2v) is 14.1. The molecule has 2 bridgehead atoms. The van der Waals surface area contributed by atoms with E-state index < -0.39 is 29.6 Å². The van der Waals surface area contributed by atoms with E-state index in [1.807, 2.05) is 38.1 Å². The SMILES string of the molecule is CCC1CCCCN1CCN1C(=O)[C@@H]2C(C(=O)Nc3cc(C)cc(C)c3)[C@@H]3C=CC2(O3)C1C(=O)NC1CCCC(C)C1C. The highest BCUT2D eigenvalue weighted by Gasteiger charge is 2.72. The van der Waals surface area contributed by atoms with E-state index in [1.165, 1.54) is 19.3 Å². The van der Waals surface area contributed by atoms with Crippen molar-refractivity contribution in [1.29, 1.82) is 0 Å². The Bertz CT molecular complexity index is 1260. The minimum atomic E-state index is -1.13. The molecular formula is C35H50N4O4. The maximum absolute atomic E-state index is 14.4. The molecule has 43 heavy (non-hydrogen) atoms. The largest absolute Gasteiger partial charge is 0.359 e. The van der Waals surface area contributed by atoms with Crippen LogP contribution in [0, 0.1) is 37.5 Å². The Labute approximate surface area is 257 Å². The molecule has 6 rings (SSSR count). The maximum Gasteiger partial charge on any atom is 0.246 e. The van der Waals surface area contributed by atoms with Crippen molar-refractivity contribution in [3.05, 3.63) is 41.5 Å². The highest BCUT2D eigenvalue weighted by atomic mass is 16.5. The third-order valence-corrected chi connectivity index (χ3v) is 11.3. The van der Waals surface area contributed by atoms with Crippen molar-refractivity contribution in [2.75, 3.05) is 25.0 Å². The van der Waals surface area contributed by atoms with Crippen molar-refractivity contribution in [3.8, 4) is 0 Å². The number of benzene rings is 1. The summed E-state index contributed by atoms with van der Waals surface area (Å²) >= 11 is 0. The van der Waals surface area contributed by atoms with Gasteiger partial charge in [0.25, 0.3) is 0 Å². The molecule has 4 aliphatic heterocycles. The molecular weight excluding hydrogens is 540 g/mol. The predicted octanol–water partition coefficient (Wildman–Crippen LogP) is 4.60. The minimum Gasteiger partial charge on any atom is -0.359 e. The summed E-state index contributed by atoms with van der Waals surface area (Å²) in [6.45, 7) is 12.9. The van der Waals surface area contributed by atoms with Gasteiger partial charge in [0.05, 0.1) is 17.9 Å². The van der Waals surface area contributed by atoms with Crippen LogP contribution in [0.15, 0.2) is 30.4 Å². The van der Waals surface area contributed by atoms with Gasteiger partial charge < -0.3 is 20.3 Å². The Morgan fingerprint density at radius 1 is 1.00 bits per heavy atom. The molecule has 7 unspecified atom stereocenters. The fourth-order valence-corrected chi connectivity index (χ4v) is 8.88. The van der Waals surface area contributed by atoms with Crippen LogP contribution in [0.2, 0.25) is 0 Å². The number of carbonyl (C=O) groups is 3. The number of nitrogens with zero attached hydrogens (tertiary/aromatic N) is 2. The molecule has 4 heterocycles. The van der Waals surface area contributed by atoms with Crippen LogP contribution < -0.4 is 10.6 Å². The zero-order chi connectivity index (χ0) is 30.5. The van der Waals surface area contributed by atoms with Crippen LogP contribution in [0.25, 0.3) is 0 Å². The molecule has 9 atom stereocenters. The lowest BCUT2D eigenvalue weighted by molar-refractivity contribution is -0.142. The predicted molar refractivity (Wildman–Crippen MR) is 167 cm³/mol. The van der Waals surface area contributed by atoms with E-state index >= 15 is 0 Å². The zero-order valence-electron chi connectivity index (χ0n) is 26.6. The van der Waals surface area contributed by atoms with Crippen LogP contribution in [0.5, 0.6) is 0 Å². The molecule has 2 N–H and O–H groups in total. The average molecular weight is 591 g/mol.